The fourth-order valence-corrected chi connectivity index (χ4v) is 2.97. The third-order valence-electron chi connectivity index (χ3n) is 4.21. The van der Waals surface area contributed by atoms with Gasteiger partial charge in [-0.2, -0.15) is 0 Å². The van der Waals surface area contributed by atoms with Crippen LogP contribution in [0.15, 0.2) is 63.8 Å². The number of benzene rings is 2. The maximum absolute atomic E-state index is 12.1. The van der Waals surface area contributed by atoms with Crippen molar-refractivity contribution >= 4 is 16.9 Å². The molecular formula is C20H17NO5. The molecule has 0 radical (unpaired) electrons. The number of para-hydroxylation sites is 1. The minimum absolute atomic E-state index is 0.0874. The van der Waals surface area contributed by atoms with Gasteiger partial charge in [-0.15, -0.1) is 0 Å². The van der Waals surface area contributed by atoms with Crippen LogP contribution in [0.2, 0.25) is 0 Å². The van der Waals surface area contributed by atoms with Crippen LogP contribution in [-0.4, -0.2) is 25.2 Å². The van der Waals surface area contributed by atoms with Crippen molar-refractivity contribution in [2.24, 2.45) is 0 Å². The van der Waals surface area contributed by atoms with Gasteiger partial charge in [0.05, 0.1) is 6.04 Å². The minimum Gasteiger partial charge on any atom is -0.491 e. The monoisotopic (exact) mass is 351 g/mol. The van der Waals surface area contributed by atoms with Crippen molar-refractivity contribution in [3.05, 3.63) is 70.6 Å². The Morgan fingerprint density at radius 1 is 1.15 bits per heavy atom. The van der Waals surface area contributed by atoms with E-state index in [1.807, 2.05) is 24.3 Å². The standard InChI is InChI=1S/C20H17NO5/c22-19(21-15-9-14-3-1-2-4-17(14)25-11-15)12-24-16-7-5-13-6-8-20(23)26-18(13)10-16/h1-8,10,15H,9,11-12H2,(H,21,22)/t15-/m1/s1. The van der Waals surface area contributed by atoms with Gasteiger partial charge in [-0.05, 0) is 36.2 Å². The predicted molar refractivity (Wildman–Crippen MR) is 95.6 cm³/mol. The van der Waals surface area contributed by atoms with Crippen LogP contribution in [0.1, 0.15) is 5.56 Å². The Morgan fingerprint density at radius 3 is 2.92 bits per heavy atom. The number of amides is 1. The molecule has 0 fully saturated rings. The van der Waals surface area contributed by atoms with Gasteiger partial charge in [-0.1, -0.05) is 18.2 Å². The zero-order valence-electron chi connectivity index (χ0n) is 13.9. The first-order chi connectivity index (χ1) is 12.7. The van der Waals surface area contributed by atoms with Gasteiger partial charge in [0.1, 0.15) is 23.7 Å². The predicted octanol–water partition coefficient (Wildman–Crippen LogP) is 2.29. The van der Waals surface area contributed by atoms with Gasteiger partial charge in [0.2, 0.25) is 0 Å². The van der Waals surface area contributed by atoms with Crippen LogP contribution in [-0.2, 0) is 11.2 Å². The molecule has 3 aromatic rings. The molecule has 0 spiro atoms. The highest BCUT2D eigenvalue weighted by atomic mass is 16.5. The lowest BCUT2D eigenvalue weighted by Gasteiger charge is -2.26. The minimum atomic E-state index is -0.426. The van der Waals surface area contributed by atoms with Crippen molar-refractivity contribution in [2.75, 3.05) is 13.2 Å². The first kappa shape index (κ1) is 16.2. The quantitative estimate of drug-likeness (QED) is 0.730. The molecule has 1 atom stereocenters. The van der Waals surface area contributed by atoms with E-state index in [0.717, 1.165) is 23.1 Å². The molecule has 26 heavy (non-hydrogen) atoms. The smallest absolute Gasteiger partial charge is 0.336 e. The SMILES string of the molecule is O=C(COc1ccc2ccc(=O)oc2c1)N[C@H]1COc2ccccc2C1. The lowest BCUT2D eigenvalue weighted by Crippen LogP contribution is -2.44. The molecule has 6 heteroatoms. The van der Waals surface area contributed by atoms with Gasteiger partial charge < -0.3 is 19.2 Å². The second kappa shape index (κ2) is 6.92. The topological polar surface area (TPSA) is 77.8 Å². The molecule has 0 unspecified atom stereocenters. The van der Waals surface area contributed by atoms with Gasteiger partial charge in [-0.25, -0.2) is 4.79 Å². The summed E-state index contributed by atoms with van der Waals surface area (Å²) in [5, 5.41) is 3.71. The molecular weight excluding hydrogens is 334 g/mol. The Morgan fingerprint density at radius 2 is 2.00 bits per heavy atom. The van der Waals surface area contributed by atoms with Crippen LogP contribution in [0.5, 0.6) is 11.5 Å². The average Bonchev–Trinajstić information content (AvgIpc) is 2.66. The highest BCUT2D eigenvalue weighted by Gasteiger charge is 2.21. The molecule has 2 heterocycles. The molecule has 0 saturated heterocycles. The number of fused-ring (bicyclic) bond motifs is 2. The highest BCUT2D eigenvalue weighted by Crippen LogP contribution is 2.24. The number of nitrogens with one attached hydrogen (secondary N) is 1. The van der Waals surface area contributed by atoms with Gasteiger partial charge in [0.15, 0.2) is 6.61 Å². The Labute approximate surface area is 149 Å². The van der Waals surface area contributed by atoms with E-state index in [0.29, 0.717) is 17.9 Å². The molecule has 1 aliphatic heterocycles. The molecule has 0 aliphatic carbocycles. The van der Waals surface area contributed by atoms with Crippen molar-refractivity contribution in [3.8, 4) is 11.5 Å². The second-order valence-electron chi connectivity index (χ2n) is 6.13. The van der Waals surface area contributed by atoms with Crippen molar-refractivity contribution in [3.63, 3.8) is 0 Å². The van der Waals surface area contributed by atoms with Crippen LogP contribution < -0.4 is 20.4 Å². The summed E-state index contributed by atoms with van der Waals surface area (Å²) in [5.74, 6) is 1.10. The van der Waals surface area contributed by atoms with Gasteiger partial charge in [-0.3, -0.25) is 4.79 Å². The molecule has 1 N–H and O–H groups in total. The van der Waals surface area contributed by atoms with E-state index < -0.39 is 5.63 Å². The maximum Gasteiger partial charge on any atom is 0.336 e. The van der Waals surface area contributed by atoms with Crippen molar-refractivity contribution in [2.45, 2.75) is 12.5 Å². The van der Waals surface area contributed by atoms with Crippen molar-refractivity contribution in [1.82, 2.24) is 5.32 Å². The summed E-state index contributed by atoms with van der Waals surface area (Å²) in [6.07, 6.45) is 0.725. The normalized spacial score (nSPS) is 15.8. The molecule has 4 rings (SSSR count). The van der Waals surface area contributed by atoms with Crippen molar-refractivity contribution in [1.29, 1.82) is 0 Å². The van der Waals surface area contributed by atoms with E-state index in [-0.39, 0.29) is 18.6 Å². The van der Waals surface area contributed by atoms with Crippen LogP contribution in [0.25, 0.3) is 11.0 Å². The number of hydrogen-bond donors (Lipinski definition) is 1. The Balaban J connectivity index is 1.35. The number of hydrogen-bond acceptors (Lipinski definition) is 5. The van der Waals surface area contributed by atoms with Gasteiger partial charge >= 0.3 is 5.63 Å². The molecule has 1 aromatic heterocycles. The molecule has 0 saturated carbocycles. The van der Waals surface area contributed by atoms with Crippen LogP contribution >= 0.6 is 0 Å². The summed E-state index contributed by atoms with van der Waals surface area (Å²) >= 11 is 0. The third-order valence-corrected chi connectivity index (χ3v) is 4.21. The molecule has 2 aromatic carbocycles. The number of rotatable bonds is 4. The summed E-state index contributed by atoms with van der Waals surface area (Å²) in [5.41, 5.74) is 1.08. The lowest BCUT2D eigenvalue weighted by atomic mass is 10.0. The molecule has 1 amide bonds. The van der Waals surface area contributed by atoms with E-state index >= 15 is 0 Å². The van der Waals surface area contributed by atoms with Crippen LogP contribution in [0.4, 0.5) is 0 Å². The van der Waals surface area contributed by atoms with E-state index in [2.05, 4.69) is 5.32 Å². The molecule has 1 aliphatic rings. The Kier molecular flexibility index (Phi) is 4.31. The largest absolute Gasteiger partial charge is 0.491 e. The average molecular weight is 351 g/mol. The highest BCUT2D eigenvalue weighted by molar-refractivity contribution is 5.79. The lowest BCUT2D eigenvalue weighted by molar-refractivity contribution is -0.124. The molecule has 6 nitrogen and oxygen atoms in total. The summed E-state index contributed by atoms with van der Waals surface area (Å²) in [6.45, 7) is 0.310. The fourth-order valence-electron chi connectivity index (χ4n) is 2.97. The van der Waals surface area contributed by atoms with Crippen molar-refractivity contribution < 1.29 is 18.7 Å². The summed E-state index contributed by atoms with van der Waals surface area (Å²) in [4.78, 5) is 23.4. The van der Waals surface area contributed by atoms with E-state index in [1.54, 1.807) is 24.3 Å². The van der Waals surface area contributed by atoms with E-state index in [4.69, 9.17) is 13.9 Å². The Hall–Kier alpha value is -3.28. The van der Waals surface area contributed by atoms with Gasteiger partial charge in [0, 0.05) is 17.5 Å². The van der Waals surface area contributed by atoms with Crippen LogP contribution in [0.3, 0.4) is 0 Å². The zero-order valence-corrected chi connectivity index (χ0v) is 13.9. The number of ether oxygens (including phenoxy) is 2. The molecule has 0 bridgehead atoms. The second-order valence-corrected chi connectivity index (χ2v) is 6.13. The first-order valence-corrected chi connectivity index (χ1v) is 8.34. The van der Waals surface area contributed by atoms with Crippen LogP contribution in [0, 0.1) is 0 Å². The first-order valence-electron chi connectivity index (χ1n) is 8.34. The maximum atomic E-state index is 12.1. The Bertz CT molecular complexity index is 1010. The van der Waals surface area contributed by atoms with Gasteiger partial charge in [0.25, 0.3) is 5.91 Å². The van der Waals surface area contributed by atoms with E-state index in [1.165, 1.54) is 6.07 Å². The number of carbonyl (C=O) groups excluding carboxylic acids is 1. The summed E-state index contributed by atoms with van der Waals surface area (Å²) in [6, 6.07) is 15.9. The number of carbonyl (C=O) groups is 1. The summed E-state index contributed by atoms with van der Waals surface area (Å²) in [7, 11) is 0. The fraction of sp³-hybridized carbons (Fsp3) is 0.200. The zero-order chi connectivity index (χ0) is 17.9. The third kappa shape index (κ3) is 3.54. The van der Waals surface area contributed by atoms with E-state index in [9.17, 15) is 9.59 Å². The summed E-state index contributed by atoms with van der Waals surface area (Å²) < 4.78 is 16.3. The molecule has 132 valence electrons.